The van der Waals surface area contributed by atoms with Crippen molar-refractivity contribution in [3.8, 4) is 0 Å². The lowest BCUT2D eigenvalue weighted by Gasteiger charge is -2.37. The first kappa shape index (κ1) is 15.3. The van der Waals surface area contributed by atoms with Crippen LogP contribution >= 0.6 is 11.3 Å². The number of carboxylic acid groups (broad SMARTS) is 1. The van der Waals surface area contributed by atoms with Crippen molar-refractivity contribution in [3.63, 3.8) is 0 Å². The van der Waals surface area contributed by atoms with Crippen LogP contribution in [-0.4, -0.2) is 40.6 Å². The van der Waals surface area contributed by atoms with E-state index in [4.69, 9.17) is 9.47 Å². The zero-order valence-corrected chi connectivity index (χ0v) is 13.4. The van der Waals surface area contributed by atoms with Gasteiger partial charge in [0.15, 0.2) is 12.2 Å². The van der Waals surface area contributed by atoms with Crippen LogP contribution in [0.3, 0.4) is 0 Å². The molecular weight excluding hydrogens is 330 g/mol. The molecule has 6 nitrogen and oxygen atoms in total. The van der Waals surface area contributed by atoms with E-state index in [0.29, 0.717) is 6.54 Å². The fourth-order valence-electron chi connectivity index (χ4n) is 3.15. The lowest BCUT2D eigenvalue weighted by atomic mass is 10.1. The molecule has 2 saturated heterocycles. The highest BCUT2D eigenvalue weighted by Gasteiger charge is 2.60. The summed E-state index contributed by atoms with van der Waals surface area (Å²) in [6.07, 6.45) is -2.42. The number of ether oxygens (including phenoxy) is 2. The van der Waals surface area contributed by atoms with Crippen LogP contribution in [0.15, 0.2) is 47.2 Å². The molecule has 0 aliphatic carbocycles. The van der Waals surface area contributed by atoms with Crippen molar-refractivity contribution in [1.82, 2.24) is 4.90 Å². The number of carbonyl (C=O) groups is 2. The summed E-state index contributed by atoms with van der Waals surface area (Å²) in [6.45, 7) is 0.554. The highest BCUT2D eigenvalue weighted by Crippen LogP contribution is 2.43. The summed E-state index contributed by atoms with van der Waals surface area (Å²) < 4.78 is 11.5. The van der Waals surface area contributed by atoms with E-state index in [9.17, 15) is 14.7 Å². The zero-order valence-electron chi connectivity index (χ0n) is 12.6. The predicted octanol–water partition coefficient (Wildman–Crippen LogP) is 1.81. The number of aliphatic carboxylic acids is 1. The van der Waals surface area contributed by atoms with E-state index in [1.807, 2.05) is 47.2 Å². The molecule has 2 aliphatic heterocycles. The molecule has 1 amide bonds. The van der Waals surface area contributed by atoms with Gasteiger partial charge in [-0.25, -0.2) is 4.79 Å². The third-order valence-electron chi connectivity index (χ3n) is 4.28. The Balaban J connectivity index is 1.69. The van der Waals surface area contributed by atoms with Crippen LogP contribution in [0.1, 0.15) is 11.1 Å². The van der Waals surface area contributed by atoms with E-state index >= 15 is 0 Å². The van der Waals surface area contributed by atoms with Crippen LogP contribution in [0.2, 0.25) is 0 Å². The molecule has 3 unspecified atom stereocenters. The summed E-state index contributed by atoms with van der Waals surface area (Å²) in [6, 6.07) is 11.4. The summed E-state index contributed by atoms with van der Waals surface area (Å²) >= 11 is 1.47. The number of hydrogen-bond donors (Lipinski definition) is 1. The van der Waals surface area contributed by atoms with Crippen LogP contribution in [0, 0.1) is 0 Å². The van der Waals surface area contributed by atoms with E-state index in [-0.39, 0.29) is 12.5 Å². The summed E-state index contributed by atoms with van der Waals surface area (Å²) in [4.78, 5) is 25.8. The van der Waals surface area contributed by atoms with Gasteiger partial charge < -0.3 is 19.5 Å². The first-order valence-electron chi connectivity index (χ1n) is 7.53. The van der Waals surface area contributed by atoms with Crippen molar-refractivity contribution in [1.29, 1.82) is 0 Å². The summed E-state index contributed by atoms with van der Waals surface area (Å²) in [5, 5.41) is 13.1. The maximum Gasteiger partial charge on any atom is 0.336 e. The Kier molecular flexibility index (Phi) is 3.64. The molecule has 24 heavy (non-hydrogen) atoms. The molecule has 2 aliphatic rings. The number of hydrogen-bond acceptors (Lipinski definition) is 5. The Labute approximate surface area is 142 Å². The lowest BCUT2D eigenvalue weighted by Crippen LogP contribution is -2.53. The molecule has 2 bridgehead atoms. The minimum Gasteiger partial charge on any atom is -0.479 e. The molecule has 3 atom stereocenters. The second-order valence-corrected chi connectivity index (χ2v) is 6.64. The number of nitrogens with zero attached hydrogens (tertiary/aromatic N) is 1. The topological polar surface area (TPSA) is 76.1 Å². The van der Waals surface area contributed by atoms with Gasteiger partial charge in [-0.15, -0.1) is 0 Å². The minimum atomic E-state index is -1.29. The van der Waals surface area contributed by atoms with Crippen molar-refractivity contribution >= 4 is 23.2 Å². The van der Waals surface area contributed by atoms with Gasteiger partial charge >= 0.3 is 5.97 Å². The Morgan fingerprint density at radius 1 is 1.29 bits per heavy atom. The van der Waals surface area contributed by atoms with E-state index in [2.05, 4.69) is 0 Å². The predicted molar refractivity (Wildman–Crippen MR) is 85.2 cm³/mol. The Bertz CT molecular complexity index is 763. The molecule has 7 heteroatoms. The van der Waals surface area contributed by atoms with Crippen molar-refractivity contribution < 1.29 is 24.2 Å². The van der Waals surface area contributed by atoms with Crippen LogP contribution < -0.4 is 0 Å². The maximum absolute atomic E-state index is 12.7. The van der Waals surface area contributed by atoms with Gasteiger partial charge in [0.2, 0.25) is 5.79 Å². The molecule has 3 heterocycles. The highest BCUT2D eigenvalue weighted by molar-refractivity contribution is 7.08. The van der Waals surface area contributed by atoms with Gasteiger partial charge in [0, 0.05) is 12.1 Å². The molecule has 4 rings (SSSR count). The van der Waals surface area contributed by atoms with Gasteiger partial charge in [-0.1, -0.05) is 30.3 Å². The standard InChI is InChI=1S/C17H15NO5S/c19-15-13-14(16(20)21)23-17(22-13,12-6-7-24-9-12)10-18(15)8-11-4-2-1-3-5-11/h1-7,9,13-14H,8,10H2,(H,20,21). The Morgan fingerprint density at radius 2 is 2.08 bits per heavy atom. The van der Waals surface area contributed by atoms with Gasteiger partial charge in [-0.3, -0.25) is 4.79 Å². The Hall–Kier alpha value is -2.22. The molecule has 0 spiro atoms. The molecule has 0 radical (unpaired) electrons. The van der Waals surface area contributed by atoms with Crippen LogP contribution in [0.25, 0.3) is 0 Å². The van der Waals surface area contributed by atoms with Crippen molar-refractivity contribution in [2.24, 2.45) is 0 Å². The number of carboxylic acids is 1. The molecule has 124 valence electrons. The molecule has 1 aromatic carbocycles. The van der Waals surface area contributed by atoms with E-state index in [0.717, 1.165) is 11.1 Å². The maximum atomic E-state index is 12.7. The number of carbonyl (C=O) groups excluding carboxylic acids is 1. The second kappa shape index (κ2) is 5.70. The Morgan fingerprint density at radius 3 is 2.75 bits per heavy atom. The highest BCUT2D eigenvalue weighted by atomic mass is 32.1. The number of thiophene rings is 1. The normalized spacial score (nSPS) is 29.0. The van der Waals surface area contributed by atoms with Crippen LogP contribution in [0.5, 0.6) is 0 Å². The van der Waals surface area contributed by atoms with Crippen molar-refractivity contribution in [2.45, 2.75) is 24.5 Å². The average Bonchev–Trinajstić information content (AvgIpc) is 3.21. The molecule has 0 saturated carbocycles. The van der Waals surface area contributed by atoms with Gasteiger partial charge in [-0.05, 0) is 22.4 Å². The minimum absolute atomic E-state index is 0.164. The SMILES string of the molecule is O=C(O)C1OC2(c3ccsc3)CN(Cc3ccccc3)C(=O)C1O2. The average molecular weight is 345 g/mol. The third-order valence-corrected chi connectivity index (χ3v) is 4.97. The second-order valence-electron chi connectivity index (χ2n) is 5.86. The first-order chi connectivity index (χ1) is 11.6. The van der Waals surface area contributed by atoms with Gasteiger partial charge in [0.05, 0.1) is 6.54 Å². The van der Waals surface area contributed by atoms with Crippen molar-refractivity contribution in [3.05, 3.63) is 58.3 Å². The van der Waals surface area contributed by atoms with Gasteiger partial charge in [0.25, 0.3) is 5.91 Å². The summed E-state index contributed by atoms with van der Waals surface area (Å²) in [7, 11) is 0. The van der Waals surface area contributed by atoms with E-state index < -0.39 is 24.0 Å². The largest absolute Gasteiger partial charge is 0.479 e. The fourth-order valence-corrected chi connectivity index (χ4v) is 3.86. The smallest absolute Gasteiger partial charge is 0.336 e. The van der Waals surface area contributed by atoms with Gasteiger partial charge in [0.1, 0.15) is 0 Å². The molecular formula is C17H15NO5S. The molecule has 2 aromatic rings. The number of morpholine rings is 1. The quantitative estimate of drug-likeness (QED) is 0.915. The number of rotatable bonds is 4. The first-order valence-corrected chi connectivity index (χ1v) is 8.47. The third kappa shape index (κ3) is 2.41. The van der Waals surface area contributed by atoms with Crippen molar-refractivity contribution in [2.75, 3.05) is 6.54 Å². The van der Waals surface area contributed by atoms with E-state index in [1.54, 1.807) is 4.90 Å². The number of amides is 1. The van der Waals surface area contributed by atoms with Crippen LogP contribution in [-0.2, 0) is 31.4 Å². The lowest BCUT2D eigenvalue weighted by molar-refractivity contribution is -0.219. The van der Waals surface area contributed by atoms with Crippen LogP contribution in [0.4, 0.5) is 0 Å². The molecule has 1 N–H and O–H groups in total. The summed E-state index contributed by atoms with van der Waals surface area (Å²) in [5.74, 6) is -2.75. The van der Waals surface area contributed by atoms with Gasteiger partial charge in [-0.2, -0.15) is 11.3 Å². The number of fused-ring (bicyclic) bond motifs is 2. The number of benzene rings is 1. The fraction of sp³-hybridized carbons (Fsp3) is 0.294. The summed E-state index contributed by atoms with van der Waals surface area (Å²) in [5.41, 5.74) is 1.71. The molecule has 1 aromatic heterocycles. The molecule has 2 fully saturated rings. The zero-order chi connectivity index (χ0) is 16.7. The van der Waals surface area contributed by atoms with E-state index in [1.165, 1.54) is 11.3 Å². The monoisotopic (exact) mass is 345 g/mol.